The summed E-state index contributed by atoms with van der Waals surface area (Å²) in [4.78, 5) is 18.8. The topological polar surface area (TPSA) is 133 Å². The van der Waals surface area contributed by atoms with E-state index in [9.17, 15) is 15.3 Å². The van der Waals surface area contributed by atoms with Gasteiger partial charge in [-0.15, -0.1) is 0 Å². The zero-order chi connectivity index (χ0) is 21.7. The number of thioether (sulfide) groups is 1. The maximum absolute atomic E-state index is 12.2. The van der Waals surface area contributed by atoms with Gasteiger partial charge in [0.15, 0.2) is 0 Å². The summed E-state index contributed by atoms with van der Waals surface area (Å²) in [6, 6.07) is 13.7. The van der Waals surface area contributed by atoms with Crippen molar-refractivity contribution in [3.05, 3.63) is 52.6 Å². The number of nitriles is 2. The third-order valence-corrected chi connectivity index (χ3v) is 6.30. The van der Waals surface area contributed by atoms with Crippen LogP contribution >= 0.6 is 11.8 Å². The third-order valence-electron chi connectivity index (χ3n) is 5.04. The van der Waals surface area contributed by atoms with Crippen molar-refractivity contribution < 1.29 is 4.79 Å². The summed E-state index contributed by atoms with van der Waals surface area (Å²) in [5.74, 6) is 0.181. The van der Waals surface area contributed by atoms with Gasteiger partial charge in [0, 0.05) is 13.6 Å². The van der Waals surface area contributed by atoms with Crippen molar-refractivity contribution in [1.29, 1.82) is 10.5 Å². The first-order valence-corrected chi connectivity index (χ1v) is 10.7. The van der Waals surface area contributed by atoms with Crippen LogP contribution in [0.4, 0.5) is 5.82 Å². The average Bonchev–Trinajstić information content (AvgIpc) is 3.60. The second kappa shape index (κ2) is 9.62. The molecule has 8 heteroatoms. The molecule has 1 aromatic carbocycles. The van der Waals surface area contributed by atoms with Crippen LogP contribution in [0, 0.1) is 22.7 Å². The molecule has 0 saturated heterocycles. The van der Waals surface area contributed by atoms with Crippen LogP contribution in [0.25, 0.3) is 0 Å². The van der Waals surface area contributed by atoms with Crippen LogP contribution in [0.2, 0.25) is 0 Å². The van der Waals surface area contributed by atoms with Crippen LogP contribution < -0.4 is 16.4 Å². The van der Waals surface area contributed by atoms with Gasteiger partial charge in [0.2, 0.25) is 5.91 Å². The van der Waals surface area contributed by atoms with Crippen molar-refractivity contribution in [3.8, 4) is 12.1 Å². The van der Waals surface area contributed by atoms with Gasteiger partial charge in [0.05, 0.1) is 11.1 Å². The molecule has 1 unspecified atom stereocenters. The molecule has 1 saturated carbocycles. The molecule has 154 valence electrons. The molecule has 30 heavy (non-hydrogen) atoms. The Kier molecular flexibility index (Phi) is 6.94. The molecule has 1 fully saturated rings. The Labute approximate surface area is 180 Å². The number of rotatable bonds is 9. The van der Waals surface area contributed by atoms with Crippen molar-refractivity contribution in [2.45, 2.75) is 35.5 Å². The average molecular weight is 421 g/mol. The van der Waals surface area contributed by atoms with E-state index < -0.39 is 11.2 Å². The molecular weight excluding hydrogens is 396 g/mol. The van der Waals surface area contributed by atoms with Gasteiger partial charge in [-0.1, -0.05) is 42.1 Å². The Morgan fingerprint density at radius 3 is 2.47 bits per heavy atom. The second-order valence-corrected chi connectivity index (χ2v) is 8.37. The smallest absolute Gasteiger partial charge is 0.235 e. The van der Waals surface area contributed by atoms with Crippen LogP contribution in [-0.4, -0.2) is 31.0 Å². The molecule has 1 aliphatic rings. The van der Waals surface area contributed by atoms with Gasteiger partial charge in [-0.3, -0.25) is 4.79 Å². The van der Waals surface area contributed by atoms with E-state index >= 15 is 0 Å². The van der Waals surface area contributed by atoms with Crippen molar-refractivity contribution in [1.82, 2.24) is 4.98 Å². The fourth-order valence-electron chi connectivity index (χ4n) is 3.39. The molecule has 0 aliphatic heterocycles. The lowest BCUT2D eigenvalue weighted by Crippen LogP contribution is -2.24. The van der Waals surface area contributed by atoms with Gasteiger partial charge < -0.3 is 16.4 Å². The number of nitrogens with zero attached hydrogens (tertiary/aromatic N) is 4. The van der Waals surface area contributed by atoms with E-state index in [2.05, 4.69) is 17.1 Å². The maximum Gasteiger partial charge on any atom is 0.235 e. The first kappa shape index (κ1) is 21.6. The number of amides is 1. The number of carbonyl (C=O) groups is 1. The summed E-state index contributed by atoms with van der Waals surface area (Å²) in [5.41, 5.74) is 13.6. The second-order valence-electron chi connectivity index (χ2n) is 7.28. The number of aromatic nitrogens is 1. The third kappa shape index (κ3) is 4.56. The molecule has 1 aromatic heterocycles. The lowest BCUT2D eigenvalue weighted by molar-refractivity contribution is -0.117. The number of hydrogen-bond donors (Lipinski definition) is 2. The molecule has 1 amide bonds. The zero-order valence-corrected chi connectivity index (χ0v) is 17.7. The van der Waals surface area contributed by atoms with E-state index in [0.29, 0.717) is 35.1 Å². The van der Waals surface area contributed by atoms with Gasteiger partial charge >= 0.3 is 0 Å². The molecular formula is C22H24N6OS. The minimum atomic E-state index is -0.687. The summed E-state index contributed by atoms with van der Waals surface area (Å²) in [7, 11) is 1.86. The molecule has 1 aliphatic carbocycles. The Balaban J connectivity index is 2.13. The predicted molar refractivity (Wildman–Crippen MR) is 117 cm³/mol. The highest BCUT2D eigenvalue weighted by Crippen LogP contribution is 2.48. The highest BCUT2D eigenvalue weighted by Gasteiger charge is 2.34. The highest BCUT2D eigenvalue weighted by molar-refractivity contribution is 8.00. The van der Waals surface area contributed by atoms with E-state index in [-0.39, 0.29) is 5.92 Å². The molecule has 7 nitrogen and oxygen atoms in total. The van der Waals surface area contributed by atoms with Crippen molar-refractivity contribution in [2.24, 2.45) is 11.5 Å². The summed E-state index contributed by atoms with van der Waals surface area (Å²) in [6.45, 7) is 1.16. The quantitative estimate of drug-likeness (QED) is 0.596. The van der Waals surface area contributed by atoms with E-state index in [1.807, 2.05) is 42.3 Å². The van der Waals surface area contributed by atoms with Crippen LogP contribution in [0.3, 0.4) is 0 Å². The Morgan fingerprint density at radius 2 is 1.93 bits per heavy atom. The first-order valence-electron chi connectivity index (χ1n) is 9.82. The number of primary amides is 1. The lowest BCUT2D eigenvalue weighted by Gasteiger charge is -2.23. The minimum Gasteiger partial charge on any atom is -0.368 e. The van der Waals surface area contributed by atoms with Gasteiger partial charge in [-0.25, -0.2) is 4.98 Å². The molecule has 0 spiro atoms. The van der Waals surface area contributed by atoms with Crippen LogP contribution in [0.1, 0.15) is 52.7 Å². The van der Waals surface area contributed by atoms with Crippen molar-refractivity contribution in [3.63, 3.8) is 0 Å². The SMILES string of the molecule is CN(CCCN)c1nc(SC(C(N)=O)c2ccccc2)c(C#N)c(C2CC2)c1C#N. The number of carbonyl (C=O) groups excluding carboxylic acids is 1. The number of hydrogen-bond acceptors (Lipinski definition) is 7. The van der Waals surface area contributed by atoms with E-state index in [0.717, 1.165) is 30.4 Å². The Morgan fingerprint density at radius 1 is 1.27 bits per heavy atom. The Bertz CT molecular complexity index is 1010. The number of anilines is 1. The highest BCUT2D eigenvalue weighted by atomic mass is 32.2. The molecule has 0 bridgehead atoms. The van der Waals surface area contributed by atoms with Gasteiger partial charge in [-0.05, 0) is 42.9 Å². The standard InChI is InChI=1S/C22H24N6OS/c1-28(11-5-10-23)21-16(12-24)18(14-8-9-14)17(13-25)22(27-21)30-19(20(26)29)15-6-3-2-4-7-15/h2-4,6-7,14,19H,5,8-11,23H2,1H3,(H2,26,29). The molecule has 2 aromatic rings. The van der Waals surface area contributed by atoms with Crippen LogP contribution in [-0.2, 0) is 4.79 Å². The molecule has 1 atom stereocenters. The van der Waals surface area contributed by atoms with Gasteiger partial charge in [0.25, 0.3) is 0 Å². The van der Waals surface area contributed by atoms with Gasteiger partial charge in [0.1, 0.15) is 28.2 Å². The lowest BCUT2D eigenvalue weighted by atomic mass is 10.00. The maximum atomic E-state index is 12.2. The summed E-state index contributed by atoms with van der Waals surface area (Å²) in [5, 5.41) is 19.6. The van der Waals surface area contributed by atoms with Crippen molar-refractivity contribution in [2.75, 3.05) is 25.0 Å². The number of nitrogens with two attached hydrogens (primary N) is 2. The summed E-state index contributed by atoms with van der Waals surface area (Å²) in [6.07, 6.45) is 2.61. The fraction of sp³-hybridized carbons (Fsp3) is 0.364. The number of benzene rings is 1. The van der Waals surface area contributed by atoms with Gasteiger partial charge in [-0.2, -0.15) is 10.5 Å². The first-order chi connectivity index (χ1) is 14.5. The normalized spacial score (nSPS) is 13.9. The van der Waals surface area contributed by atoms with Crippen molar-refractivity contribution >= 4 is 23.5 Å². The minimum absolute atomic E-state index is 0.169. The molecule has 4 N–H and O–H groups in total. The van der Waals surface area contributed by atoms with E-state index in [1.54, 1.807) is 0 Å². The van der Waals surface area contributed by atoms with Crippen LogP contribution in [0.15, 0.2) is 35.4 Å². The van der Waals surface area contributed by atoms with Crippen LogP contribution in [0.5, 0.6) is 0 Å². The molecule has 0 radical (unpaired) electrons. The summed E-state index contributed by atoms with van der Waals surface area (Å²) < 4.78 is 0. The Hall–Kier alpha value is -3.07. The van der Waals surface area contributed by atoms with E-state index in [1.165, 1.54) is 11.8 Å². The number of pyridine rings is 1. The zero-order valence-electron chi connectivity index (χ0n) is 16.8. The molecule has 3 rings (SSSR count). The van der Waals surface area contributed by atoms with E-state index in [4.69, 9.17) is 11.5 Å². The monoisotopic (exact) mass is 420 g/mol. The summed E-state index contributed by atoms with van der Waals surface area (Å²) >= 11 is 1.17. The predicted octanol–water partition coefficient (Wildman–Crippen LogP) is 2.81. The molecule has 1 heterocycles. The largest absolute Gasteiger partial charge is 0.368 e. The fourth-order valence-corrected chi connectivity index (χ4v) is 4.44.